The number of Topliss-reactive ketones (excluding diaryl/α,β-unsaturated/α-hetero) is 4. The van der Waals surface area contributed by atoms with Crippen molar-refractivity contribution in [3.8, 4) is 33.8 Å². The molecule has 4 aromatic rings. The van der Waals surface area contributed by atoms with E-state index in [1.165, 1.54) is 0 Å². The van der Waals surface area contributed by atoms with Gasteiger partial charge in [0.2, 0.25) is 0 Å². The molecule has 0 atom stereocenters. The first kappa shape index (κ1) is 43.4. The number of benzene rings is 2. The summed E-state index contributed by atoms with van der Waals surface area (Å²) in [6.45, 7) is 0. The van der Waals surface area contributed by atoms with E-state index in [1.807, 2.05) is 76.1 Å². The molecule has 62 heavy (non-hydrogen) atoms. The maximum absolute atomic E-state index is 13.6. The lowest BCUT2D eigenvalue weighted by atomic mass is 9.72. The normalized spacial score (nSPS) is 17.5. The standard InChI is InChI=1S/2C24H25NO6/c1-31-16-7-5-15(6-8-16)17-11-14-25-21(17)22(29)20(18(26)9-10-19(27)28)23(30)24(25)12-3-2-4-13-24;1-31-17-7-5-15(6-8-17)16-13-18-22(29)21(19(26)9-10-20(27)28)23(30)24(25(18)14-16)11-3-2-4-12-24/h5-8,11,14,29H,2-4,9-10,12-13H2,1H3,(H,27,28);5-8,13-14,29H,2-4,9-12H2,1H3,(H,27,28). The first-order chi connectivity index (χ1) is 29.8. The Morgan fingerprint density at radius 2 is 1.03 bits per heavy atom. The molecular formula is C48H50N2O12. The Morgan fingerprint density at radius 1 is 0.581 bits per heavy atom. The predicted octanol–water partition coefficient (Wildman–Crippen LogP) is 8.22. The third-order valence-electron chi connectivity index (χ3n) is 12.7. The van der Waals surface area contributed by atoms with Crippen LogP contribution in [0.3, 0.4) is 0 Å². The zero-order valence-electron chi connectivity index (χ0n) is 34.8. The minimum Gasteiger partial charge on any atom is -0.505 e. The molecule has 2 spiro atoms. The quantitative estimate of drug-likeness (QED) is 0.0994. The topological polar surface area (TPSA) is 212 Å². The largest absolute Gasteiger partial charge is 0.505 e. The summed E-state index contributed by atoms with van der Waals surface area (Å²) in [5, 5.41) is 39.9. The van der Waals surface area contributed by atoms with Gasteiger partial charge in [0.05, 0.1) is 38.4 Å². The molecule has 8 rings (SSSR count). The molecule has 0 amide bonds. The van der Waals surface area contributed by atoms with Crippen LogP contribution in [-0.2, 0) is 39.8 Å². The van der Waals surface area contributed by atoms with Gasteiger partial charge in [0, 0.05) is 36.4 Å². The average Bonchev–Trinajstić information content (AvgIpc) is 3.95. The molecular weight excluding hydrogens is 797 g/mol. The monoisotopic (exact) mass is 846 g/mol. The Bertz CT molecular complexity index is 2470. The molecule has 0 radical (unpaired) electrons. The molecule has 2 aliphatic carbocycles. The van der Waals surface area contributed by atoms with Crippen LogP contribution in [0.15, 0.2) is 84.2 Å². The number of rotatable bonds is 12. The van der Waals surface area contributed by atoms with Gasteiger partial charge in [0.1, 0.15) is 33.7 Å². The Kier molecular flexibility index (Phi) is 12.4. The number of hydrogen-bond donors (Lipinski definition) is 4. The van der Waals surface area contributed by atoms with Crippen LogP contribution >= 0.6 is 0 Å². The highest BCUT2D eigenvalue weighted by molar-refractivity contribution is 6.29. The zero-order chi connectivity index (χ0) is 44.3. The molecule has 0 saturated heterocycles. The van der Waals surface area contributed by atoms with Crippen molar-refractivity contribution in [1.82, 2.24) is 9.13 Å². The van der Waals surface area contributed by atoms with Gasteiger partial charge in [-0.15, -0.1) is 0 Å². The van der Waals surface area contributed by atoms with Crippen LogP contribution in [0.4, 0.5) is 0 Å². The lowest BCUT2D eigenvalue weighted by Gasteiger charge is -2.41. The molecule has 2 aromatic heterocycles. The predicted molar refractivity (Wildman–Crippen MR) is 228 cm³/mol. The summed E-state index contributed by atoms with van der Waals surface area (Å²) in [5.41, 5.74) is 1.75. The number of allylic oxidation sites excluding steroid dienone is 2. The van der Waals surface area contributed by atoms with Crippen LogP contribution in [0.25, 0.3) is 33.8 Å². The van der Waals surface area contributed by atoms with Gasteiger partial charge in [-0.2, -0.15) is 0 Å². The molecule has 2 aromatic carbocycles. The second-order valence-corrected chi connectivity index (χ2v) is 16.3. The summed E-state index contributed by atoms with van der Waals surface area (Å²) < 4.78 is 14.1. The number of methoxy groups -OCH3 is 2. The van der Waals surface area contributed by atoms with Gasteiger partial charge < -0.3 is 39.0 Å². The maximum atomic E-state index is 13.6. The number of ketones is 4. The Labute approximate surface area is 358 Å². The SMILES string of the molecule is COc1ccc(-c2cc3n(c2)C2(CCCCC2)C(=O)C(C(=O)CCC(=O)O)=C3O)cc1.COc1ccc(-c2ccn3c2C(O)=C(C(=O)CCC(=O)O)C(=O)C32CCCCC2)cc1. The van der Waals surface area contributed by atoms with E-state index in [9.17, 15) is 39.0 Å². The van der Waals surface area contributed by atoms with E-state index in [0.717, 1.165) is 61.0 Å². The highest BCUT2D eigenvalue weighted by Gasteiger charge is 2.51. The van der Waals surface area contributed by atoms with E-state index >= 15 is 0 Å². The zero-order valence-corrected chi connectivity index (χ0v) is 34.8. The van der Waals surface area contributed by atoms with Crippen LogP contribution in [-0.4, -0.2) is 78.9 Å². The fourth-order valence-electron chi connectivity index (χ4n) is 9.54. The number of aliphatic carboxylic acids is 2. The van der Waals surface area contributed by atoms with Crippen molar-refractivity contribution in [3.05, 3.63) is 95.6 Å². The van der Waals surface area contributed by atoms with E-state index in [0.29, 0.717) is 48.4 Å². The minimum absolute atomic E-state index is 0.255. The number of carboxylic acids is 2. The third-order valence-corrected chi connectivity index (χ3v) is 12.7. The second kappa shape index (κ2) is 17.7. The van der Waals surface area contributed by atoms with Gasteiger partial charge in [-0.1, -0.05) is 62.8 Å². The van der Waals surface area contributed by atoms with Crippen molar-refractivity contribution in [3.63, 3.8) is 0 Å². The number of nitrogens with zero attached hydrogens (tertiary/aromatic N) is 2. The molecule has 4 aliphatic rings. The first-order valence-electron chi connectivity index (χ1n) is 21.0. The van der Waals surface area contributed by atoms with Crippen molar-refractivity contribution in [1.29, 1.82) is 0 Å². The highest BCUT2D eigenvalue weighted by Crippen LogP contribution is 2.48. The number of carbonyl (C=O) groups is 6. The van der Waals surface area contributed by atoms with E-state index in [-0.39, 0.29) is 48.3 Å². The molecule has 14 nitrogen and oxygen atoms in total. The van der Waals surface area contributed by atoms with Gasteiger partial charge in [-0.25, -0.2) is 0 Å². The third kappa shape index (κ3) is 7.85. The summed E-state index contributed by atoms with van der Waals surface area (Å²) in [5.74, 6) is -3.59. The van der Waals surface area contributed by atoms with Gasteiger partial charge in [-0.3, -0.25) is 28.8 Å². The number of aliphatic hydroxyl groups is 2. The van der Waals surface area contributed by atoms with Crippen molar-refractivity contribution < 1.29 is 58.7 Å². The van der Waals surface area contributed by atoms with E-state index in [1.54, 1.807) is 20.3 Å². The molecule has 4 heterocycles. The molecule has 2 fully saturated rings. The molecule has 4 N–H and O–H groups in total. The molecule has 0 bridgehead atoms. The van der Waals surface area contributed by atoms with Crippen LogP contribution in [0, 0.1) is 0 Å². The average molecular weight is 847 g/mol. The minimum atomic E-state index is -1.12. The smallest absolute Gasteiger partial charge is 0.303 e. The second-order valence-electron chi connectivity index (χ2n) is 16.3. The Hall–Kier alpha value is -6.70. The van der Waals surface area contributed by atoms with E-state index < -0.39 is 46.1 Å². The summed E-state index contributed by atoms with van der Waals surface area (Å²) in [6, 6.07) is 18.4. The first-order valence-corrected chi connectivity index (χ1v) is 21.0. The summed E-state index contributed by atoms with van der Waals surface area (Å²) >= 11 is 0. The number of carbonyl (C=O) groups excluding carboxylic acids is 4. The van der Waals surface area contributed by atoms with Crippen LogP contribution in [0.1, 0.15) is 101 Å². The van der Waals surface area contributed by atoms with Gasteiger partial charge in [0.15, 0.2) is 34.7 Å². The summed E-state index contributed by atoms with van der Waals surface area (Å²) in [7, 11) is 3.17. The van der Waals surface area contributed by atoms with Gasteiger partial charge in [0.25, 0.3) is 0 Å². The van der Waals surface area contributed by atoms with Crippen LogP contribution < -0.4 is 9.47 Å². The molecule has 324 valence electrons. The van der Waals surface area contributed by atoms with E-state index in [2.05, 4.69) is 0 Å². The highest BCUT2D eigenvalue weighted by atomic mass is 16.5. The van der Waals surface area contributed by atoms with Crippen molar-refractivity contribution in [2.45, 2.75) is 101 Å². The number of aliphatic hydroxyl groups excluding tert-OH is 2. The lowest BCUT2D eigenvalue weighted by molar-refractivity contribution is -0.139. The molecule has 2 saturated carbocycles. The number of carboxylic acid groups (broad SMARTS) is 2. The van der Waals surface area contributed by atoms with Crippen LogP contribution in [0.2, 0.25) is 0 Å². The summed E-state index contributed by atoms with van der Waals surface area (Å²) in [4.78, 5) is 74.7. The number of hydrogen-bond acceptors (Lipinski definition) is 10. The number of ether oxygens (including phenoxy) is 2. The molecule has 14 heteroatoms. The van der Waals surface area contributed by atoms with Crippen molar-refractivity contribution >= 4 is 46.6 Å². The maximum Gasteiger partial charge on any atom is 0.303 e. The van der Waals surface area contributed by atoms with Crippen molar-refractivity contribution in [2.75, 3.05) is 14.2 Å². The van der Waals surface area contributed by atoms with Crippen molar-refractivity contribution in [2.24, 2.45) is 0 Å². The van der Waals surface area contributed by atoms with Crippen LogP contribution in [0.5, 0.6) is 11.5 Å². The van der Waals surface area contributed by atoms with Gasteiger partial charge in [-0.05, 0) is 73.2 Å². The number of aromatic nitrogens is 2. The Morgan fingerprint density at radius 3 is 1.50 bits per heavy atom. The Balaban J connectivity index is 0.000000186. The molecule has 2 aliphatic heterocycles. The summed E-state index contributed by atoms with van der Waals surface area (Å²) in [6.07, 6.45) is 10.0. The molecule has 0 unspecified atom stereocenters. The fourth-order valence-corrected chi connectivity index (χ4v) is 9.54. The lowest BCUT2D eigenvalue weighted by Crippen LogP contribution is -2.48. The number of fused-ring (bicyclic) bond motifs is 4. The van der Waals surface area contributed by atoms with Gasteiger partial charge >= 0.3 is 11.9 Å². The fraction of sp³-hybridized carbons (Fsp3) is 0.375. The van der Waals surface area contributed by atoms with E-state index in [4.69, 9.17) is 19.7 Å².